The zero-order chi connectivity index (χ0) is 24.7. The van der Waals surface area contributed by atoms with E-state index in [0.717, 1.165) is 24.3 Å². The molecule has 2 aromatic heterocycles. The van der Waals surface area contributed by atoms with Gasteiger partial charge in [0, 0.05) is 32.2 Å². The van der Waals surface area contributed by atoms with Crippen molar-refractivity contribution in [1.82, 2.24) is 24.6 Å². The van der Waals surface area contributed by atoms with E-state index >= 15 is 0 Å². The molecule has 2 fully saturated rings. The van der Waals surface area contributed by atoms with Crippen LogP contribution in [0.25, 0.3) is 5.69 Å². The van der Waals surface area contributed by atoms with Gasteiger partial charge in [-0.05, 0) is 24.3 Å². The highest BCUT2D eigenvalue weighted by Crippen LogP contribution is 2.33. The van der Waals surface area contributed by atoms with E-state index in [9.17, 15) is 22.0 Å². The fourth-order valence-corrected chi connectivity index (χ4v) is 4.07. The average Bonchev–Trinajstić information content (AvgIpc) is 3.14. The first-order chi connectivity index (χ1) is 16.7. The molecule has 0 atom stereocenters. The number of rotatable bonds is 5. The molecular weight excluding hydrogens is 472 g/mol. The van der Waals surface area contributed by atoms with E-state index < -0.39 is 23.4 Å². The van der Waals surface area contributed by atoms with Gasteiger partial charge in [-0.15, -0.1) is 5.10 Å². The third-order valence-electron chi connectivity index (χ3n) is 6.07. The van der Waals surface area contributed by atoms with Gasteiger partial charge in [0.2, 0.25) is 5.95 Å². The lowest BCUT2D eigenvalue weighted by molar-refractivity contribution is -0.137. The summed E-state index contributed by atoms with van der Waals surface area (Å²) in [4.78, 5) is 12.6. The van der Waals surface area contributed by atoms with Gasteiger partial charge < -0.3 is 15.0 Å². The Bertz CT molecular complexity index is 1230. The molecule has 0 spiro atoms. The number of nitrogens with one attached hydrogen (secondary N) is 1. The van der Waals surface area contributed by atoms with Crippen LogP contribution in [0, 0.1) is 11.6 Å². The second-order valence-electron chi connectivity index (χ2n) is 8.43. The lowest BCUT2D eigenvalue weighted by Crippen LogP contribution is -2.56. The van der Waals surface area contributed by atoms with Gasteiger partial charge in [0.15, 0.2) is 19.5 Å². The molecule has 1 aromatic carbocycles. The van der Waals surface area contributed by atoms with Crippen LogP contribution >= 0.6 is 0 Å². The number of hydrogen-bond acceptors (Lipinski definition) is 7. The first kappa shape index (κ1) is 23.5. The predicted molar refractivity (Wildman–Crippen MR) is 120 cm³/mol. The molecule has 3 aromatic rings. The fourth-order valence-electron chi connectivity index (χ4n) is 4.07. The molecule has 0 unspecified atom stereocenters. The van der Waals surface area contributed by atoms with Crippen molar-refractivity contribution in [2.45, 2.75) is 12.2 Å². The van der Waals surface area contributed by atoms with Crippen LogP contribution in [0.1, 0.15) is 5.56 Å². The SMILES string of the molecule is Bc1nc(Nc2cc(C(F)(F)F)cc(N3CCN(C4COC4)CC3)n2)nn1-c1ccc(F)c(F)c1. The van der Waals surface area contributed by atoms with Crippen LogP contribution in [0.2, 0.25) is 0 Å². The van der Waals surface area contributed by atoms with Gasteiger partial charge in [0.1, 0.15) is 11.6 Å². The van der Waals surface area contributed by atoms with Crippen LogP contribution in [-0.2, 0) is 10.9 Å². The molecule has 35 heavy (non-hydrogen) atoms. The Morgan fingerprint density at radius 3 is 2.34 bits per heavy atom. The molecular formula is C21H21BF5N7O. The Hall–Kier alpha value is -3.26. The van der Waals surface area contributed by atoms with Crippen molar-refractivity contribution in [1.29, 1.82) is 0 Å². The highest BCUT2D eigenvalue weighted by atomic mass is 19.4. The number of aromatic nitrogens is 4. The number of hydrogen-bond donors (Lipinski definition) is 1. The average molecular weight is 493 g/mol. The van der Waals surface area contributed by atoms with Crippen LogP contribution in [0.5, 0.6) is 0 Å². The summed E-state index contributed by atoms with van der Waals surface area (Å²) in [5.41, 5.74) is -0.312. The van der Waals surface area contributed by atoms with Crippen molar-refractivity contribution >= 4 is 31.2 Å². The maximum Gasteiger partial charge on any atom is 0.416 e. The summed E-state index contributed by atoms with van der Waals surface area (Å²) < 4.78 is 74.3. The first-order valence-corrected chi connectivity index (χ1v) is 11.0. The number of piperazine rings is 1. The highest BCUT2D eigenvalue weighted by molar-refractivity contribution is 6.29. The number of nitrogens with zero attached hydrogens (tertiary/aromatic N) is 6. The minimum atomic E-state index is -4.58. The molecule has 184 valence electrons. The molecule has 8 nitrogen and oxygen atoms in total. The van der Waals surface area contributed by atoms with Crippen molar-refractivity contribution < 1.29 is 26.7 Å². The minimum Gasteiger partial charge on any atom is -0.378 e. The number of benzene rings is 1. The van der Waals surface area contributed by atoms with Gasteiger partial charge in [0.05, 0.1) is 36.2 Å². The molecule has 1 N–H and O–H groups in total. The zero-order valence-corrected chi connectivity index (χ0v) is 18.7. The van der Waals surface area contributed by atoms with Gasteiger partial charge in [-0.3, -0.25) is 4.90 Å². The summed E-state index contributed by atoms with van der Waals surface area (Å²) in [7, 11) is 1.58. The van der Waals surface area contributed by atoms with Crippen LogP contribution < -0.4 is 15.9 Å². The first-order valence-electron chi connectivity index (χ1n) is 11.0. The standard InChI is InChI=1S/C21H21BF5N7O/c22-19-30-20(31-34(19)13-1-2-15(23)16(24)9-13)29-17-7-12(21(25,26)27)8-18(28-17)33-5-3-32(4-6-33)14-10-35-11-14/h1-2,7-9,14H,3-6,10-11,22H2,(H,28,29,31). The zero-order valence-electron chi connectivity index (χ0n) is 18.7. The van der Waals surface area contributed by atoms with Crippen LogP contribution in [0.4, 0.5) is 39.5 Å². The lowest BCUT2D eigenvalue weighted by atomic mass is 10.1. The quantitative estimate of drug-likeness (QED) is 0.427. The number of halogens is 5. The summed E-state index contributed by atoms with van der Waals surface area (Å²) in [5, 5.41) is 6.90. The second kappa shape index (κ2) is 9.08. The smallest absolute Gasteiger partial charge is 0.378 e. The number of anilines is 3. The van der Waals surface area contributed by atoms with Crippen LogP contribution in [0.3, 0.4) is 0 Å². The minimum absolute atomic E-state index is 0.0280. The Kier molecular flexibility index (Phi) is 6.09. The molecule has 4 heterocycles. The molecule has 2 saturated heterocycles. The van der Waals surface area contributed by atoms with Crippen LogP contribution in [-0.4, -0.2) is 77.9 Å². The van der Waals surface area contributed by atoms with E-state index in [0.29, 0.717) is 51.2 Å². The largest absolute Gasteiger partial charge is 0.416 e. The molecule has 5 rings (SSSR count). The number of pyridine rings is 1. The molecule has 0 bridgehead atoms. The third kappa shape index (κ3) is 4.94. The highest BCUT2D eigenvalue weighted by Gasteiger charge is 2.34. The lowest BCUT2D eigenvalue weighted by Gasteiger charge is -2.43. The summed E-state index contributed by atoms with van der Waals surface area (Å²) in [6.45, 7) is 3.83. The Morgan fingerprint density at radius 1 is 0.971 bits per heavy atom. The molecule has 0 amide bonds. The van der Waals surface area contributed by atoms with E-state index in [1.807, 2.05) is 4.90 Å². The monoisotopic (exact) mass is 493 g/mol. The topological polar surface area (TPSA) is 71.3 Å². The summed E-state index contributed by atoms with van der Waals surface area (Å²) in [5.74, 6) is -1.97. The van der Waals surface area contributed by atoms with Crippen molar-refractivity contribution in [2.24, 2.45) is 0 Å². The summed E-state index contributed by atoms with van der Waals surface area (Å²) in [6, 6.07) is 5.52. The van der Waals surface area contributed by atoms with Crippen LogP contribution in [0.15, 0.2) is 30.3 Å². The maximum absolute atomic E-state index is 13.6. The van der Waals surface area contributed by atoms with Crippen molar-refractivity contribution in [3.8, 4) is 5.69 Å². The summed E-state index contributed by atoms with van der Waals surface area (Å²) in [6.07, 6.45) is -4.58. The maximum atomic E-state index is 13.6. The predicted octanol–water partition coefficient (Wildman–Crippen LogP) is 1.48. The second-order valence-corrected chi connectivity index (χ2v) is 8.43. The van der Waals surface area contributed by atoms with E-state index in [4.69, 9.17) is 4.74 Å². The Morgan fingerprint density at radius 2 is 1.71 bits per heavy atom. The van der Waals surface area contributed by atoms with Gasteiger partial charge in [0.25, 0.3) is 0 Å². The molecule has 0 saturated carbocycles. The van der Waals surface area contributed by atoms with E-state index in [1.165, 1.54) is 10.7 Å². The van der Waals surface area contributed by atoms with Gasteiger partial charge in [-0.1, -0.05) is 0 Å². The fraction of sp³-hybridized carbons (Fsp3) is 0.381. The molecule has 2 aliphatic rings. The number of ether oxygens (including phenoxy) is 1. The molecule has 0 radical (unpaired) electrons. The normalized spacial score (nSPS) is 17.5. The third-order valence-corrected chi connectivity index (χ3v) is 6.07. The van der Waals surface area contributed by atoms with Gasteiger partial charge >= 0.3 is 6.18 Å². The molecule has 2 aliphatic heterocycles. The molecule has 0 aliphatic carbocycles. The summed E-state index contributed by atoms with van der Waals surface area (Å²) >= 11 is 0. The van der Waals surface area contributed by atoms with Gasteiger partial charge in [-0.2, -0.15) is 13.2 Å². The number of alkyl halides is 3. The van der Waals surface area contributed by atoms with Crippen molar-refractivity contribution in [3.63, 3.8) is 0 Å². The van der Waals surface area contributed by atoms with E-state index in [1.54, 1.807) is 7.85 Å². The van der Waals surface area contributed by atoms with Gasteiger partial charge in [-0.25, -0.2) is 23.4 Å². The van der Waals surface area contributed by atoms with Crippen molar-refractivity contribution in [2.75, 3.05) is 49.6 Å². The van der Waals surface area contributed by atoms with E-state index in [2.05, 4.69) is 25.3 Å². The Labute approximate surface area is 198 Å². The van der Waals surface area contributed by atoms with Crippen molar-refractivity contribution in [3.05, 3.63) is 47.5 Å². The van der Waals surface area contributed by atoms with E-state index in [-0.39, 0.29) is 23.3 Å². The molecule has 14 heteroatoms. The Balaban J connectivity index is 1.39.